The van der Waals surface area contributed by atoms with Crippen LogP contribution in [0.3, 0.4) is 0 Å². The van der Waals surface area contributed by atoms with Crippen molar-refractivity contribution in [2.24, 2.45) is 0 Å². The zero-order chi connectivity index (χ0) is 30.5. The van der Waals surface area contributed by atoms with Crippen LogP contribution in [0.5, 0.6) is 11.5 Å². The van der Waals surface area contributed by atoms with E-state index in [1.165, 1.54) is 54.6 Å². The van der Waals surface area contributed by atoms with Crippen LogP contribution in [0.25, 0.3) is 6.08 Å². The molecule has 0 radical (unpaired) electrons. The van der Waals surface area contributed by atoms with Gasteiger partial charge >= 0.3 is 6.03 Å². The first-order chi connectivity index (χ1) is 20.7. The molecule has 0 unspecified atom stereocenters. The summed E-state index contributed by atoms with van der Waals surface area (Å²) in [6.45, 7) is 0.306. The van der Waals surface area contributed by atoms with Crippen LogP contribution >= 0.6 is 23.2 Å². The van der Waals surface area contributed by atoms with Crippen LogP contribution in [0.4, 0.5) is 16.2 Å². The average Bonchev–Trinajstić information content (AvgIpc) is 2.99. The molecular weight excluding hydrogens is 597 g/mol. The monoisotopic (exact) mass is 617 g/mol. The summed E-state index contributed by atoms with van der Waals surface area (Å²) in [5.74, 6) is -1.15. The number of halogens is 2. The van der Waals surface area contributed by atoms with Crippen molar-refractivity contribution in [2.75, 3.05) is 4.90 Å². The number of ether oxygens (including phenoxy) is 2. The molecule has 1 fully saturated rings. The molecule has 1 aliphatic heterocycles. The molecule has 4 amide bonds. The fourth-order valence-corrected chi connectivity index (χ4v) is 4.75. The molecule has 43 heavy (non-hydrogen) atoms. The molecule has 0 aromatic heterocycles. The van der Waals surface area contributed by atoms with Crippen LogP contribution in [-0.4, -0.2) is 22.8 Å². The van der Waals surface area contributed by atoms with Gasteiger partial charge in [0.25, 0.3) is 17.5 Å². The average molecular weight is 618 g/mol. The van der Waals surface area contributed by atoms with Crippen molar-refractivity contribution < 1.29 is 28.8 Å². The number of urea groups is 1. The van der Waals surface area contributed by atoms with Crippen molar-refractivity contribution in [3.63, 3.8) is 0 Å². The van der Waals surface area contributed by atoms with E-state index in [1.807, 2.05) is 30.3 Å². The molecule has 0 atom stereocenters. The predicted molar refractivity (Wildman–Crippen MR) is 160 cm³/mol. The van der Waals surface area contributed by atoms with Gasteiger partial charge < -0.3 is 9.47 Å². The van der Waals surface area contributed by atoms with Gasteiger partial charge in [-0.25, -0.2) is 9.69 Å². The molecule has 0 saturated carbocycles. The summed E-state index contributed by atoms with van der Waals surface area (Å²) in [5, 5.41) is 13.4. The summed E-state index contributed by atoms with van der Waals surface area (Å²) in [5.41, 5.74) is 1.57. The Morgan fingerprint density at radius 1 is 0.837 bits per heavy atom. The van der Waals surface area contributed by atoms with Gasteiger partial charge in [-0.1, -0.05) is 53.5 Å². The van der Waals surface area contributed by atoms with Crippen LogP contribution in [0.1, 0.15) is 16.7 Å². The number of rotatable bonds is 9. The van der Waals surface area contributed by atoms with E-state index in [9.17, 15) is 24.5 Å². The van der Waals surface area contributed by atoms with E-state index >= 15 is 0 Å². The highest BCUT2D eigenvalue weighted by Crippen LogP contribution is 2.35. The van der Waals surface area contributed by atoms with Crippen LogP contribution in [-0.2, 0) is 22.8 Å². The lowest BCUT2D eigenvalue weighted by Crippen LogP contribution is -2.54. The minimum atomic E-state index is -0.913. The Kier molecular flexibility index (Phi) is 8.70. The molecule has 5 rings (SSSR count). The quantitative estimate of drug-likeness (QED) is 0.0954. The predicted octanol–water partition coefficient (Wildman–Crippen LogP) is 6.73. The number of barbiturate groups is 1. The Labute approximate surface area is 255 Å². The van der Waals surface area contributed by atoms with Crippen LogP contribution in [0, 0.1) is 10.1 Å². The lowest BCUT2D eigenvalue weighted by atomic mass is 10.1. The first kappa shape index (κ1) is 29.3. The minimum Gasteiger partial charge on any atom is -0.489 e. The highest BCUT2D eigenvalue weighted by atomic mass is 35.5. The van der Waals surface area contributed by atoms with E-state index in [2.05, 4.69) is 5.32 Å². The Morgan fingerprint density at radius 2 is 1.49 bits per heavy atom. The van der Waals surface area contributed by atoms with Gasteiger partial charge in [-0.15, -0.1) is 0 Å². The number of non-ortho nitro benzene ring substituents is 1. The number of anilines is 1. The summed E-state index contributed by atoms with van der Waals surface area (Å²) < 4.78 is 11.7. The number of hydrogen-bond acceptors (Lipinski definition) is 7. The standard InChI is InChI=1S/C31H21Cl2N3O7/c32-22-14-21(28(27(33)16-22)43-18-20-6-8-24(9-7-20)36(40)41)15-26-29(37)34-31(39)35(30(26)38)23-10-12-25(13-11-23)42-17-19-4-2-1-3-5-19/h1-16H,17-18H2,(H,34,37,39)/b26-15+. The maximum atomic E-state index is 13.5. The van der Waals surface area contributed by atoms with Crippen molar-refractivity contribution in [3.05, 3.63) is 133 Å². The lowest BCUT2D eigenvalue weighted by molar-refractivity contribution is -0.384. The fourth-order valence-electron chi connectivity index (χ4n) is 4.19. The third kappa shape index (κ3) is 6.83. The first-order valence-electron chi connectivity index (χ1n) is 12.7. The summed E-state index contributed by atoms with van der Waals surface area (Å²) in [7, 11) is 0. The van der Waals surface area contributed by atoms with Crippen molar-refractivity contribution >= 4 is 58.5 Å². The second-order valence-electron chi connectivity index (χ2n) is 9.24. The van der Waals surface area contributed by atoms with Crippen molar-refractivity contribution in [3.8, 4) is 11.5 Å². The van der Waals surface area contributed by atoms with Gasteiger partial charge in [-0.2, -0.15) is 0 Å². The van der Waals surface area contributed by atoms with Crippen LogP contribution in [0.15, 0.2) is 96.6 Å². The van der Waals surface area contributed by atoms with E-state index in [4.69, 9.17) is 32.7 Å². The number of carbonyl (C=O) groups excluding carboxylic acids is 3. The Morgan fingerprint density at radius 3 is 2.16 bits per heavy atom. The maximum Gasteiger partial charge on any atom is 0.335 e. The summed E-state index contributed by atoms with van der Waals surface area (Å²) >= 11 is 12.6. The van der Waals surface area contributed by atoms with Crippen LogP contribution in [0.2, 0.25) is 10.0 Å². The largest absolute Gasteiger partial charge is 0.489 e. The molecule has 0 bridgehead atoms. The summed E-state index contributed by atoms with van der Waals surface area (Å²) in [6.07, 6.45) is 1.23. The second-order valence-corrected chi connectivity index (χ2v) is 10.1. The summed E-state index contributed by atoms with van der Waals surface area (Å²) in [6, 6.07) is 23.5. The summed E-state index contributed by atoms with van der Waals surface area (Å²) in [4.78, 5) is 50.2. The van der Waals surface area contributed by atoms with Gasteiger partial charge in [0.1, 0.15) is 30.3 Å². The molecule has 1 heterocycles. The van der Waals surface area contributed by atoms with Gasteiger partial charge in [-0.05, 0) is 65.7 Å². The molecule has 216 valence electrons. The van der Waals surface area contributed by atoms with E-state index in [0.29, 0.717) is 17.9 Å². The first-order valence-corrected chi connectivity index (χ1v) is 13.5. The Hall–Kier alpha value is -5.19. The van der Waals surface area contributed by atoms with Gasteiger partial charge in [0.2, 0.25) is 0 Å². The molecule has 10 nitrogen and oxygen atoms in total. The number of nitrogens with zero attached hydrogens (tertiary/aromatic N) is 2. The number of hydrogen-bond donors (Lipinski definition) is 1. The number of carbonyl (C=O) groups is 3. The fraction of sp³-hybridized carbons (Fsp3) is 0.0645. The molecule has 12 heteroatoms. The zero-order valence-corrected chi connectivity index (χ0v) is 23.7. The highest BCUT2D eigenvalue weighted by molar-refractivity contribution is 6.40. The maximum absolute atomic E-state index is 13.5. The normalized spacial score (nSPS) is 14.0. The van der Waals surface area contributed by atoms with Crippen molar-refractivity contribution in [1.82, 2.24) is 5.32 Å². The number of nitro benzene ring substituents is 1. The van der Waals surface area contributed by atoms with Gasteiger partial charge in [0, 0.05) is 22.7 Å². The van der Waals surface area contributed by atoms with Crippen LogP contribution < -0.4 is 19.7 Å². The third-order valence-corrected chi connectivity index (χ3v) is 6.81. The molecule has 1 N–H and O–H groups in total. The van der Waals surface area contributed by atoms with Crippen molar-refractivity contribution in [2.45, 2.75) is 13.2 Å². The van der Waals surface area contributed by atoms with Gasteiger partial charge in [0.15, 0.2) is 0 Å². The second kappa shape index (κ2) is 12.8. The molecule has 1 aliphatic rings. The van der Waals surface area contributed by atoms with Gasteiger partial charge in [-0.3, -0.25) is 25.0 Å². The number of amides is 4. The van der Waals surface area contributed by atoms with Gasteiger partial charge in [0.05, 0.1) is 15.6 Å². The van der Waals surface area contributed by atoms with E-state index in [0.717, 1.165) is 10.5 Å². The highest BCUT2D eigenvalue weighted by Gasteiger charge is 2.37. The van der Waals surface area contributed by atoms with E-state index in [1.54, 1.807) is 12.1 Å². The topological polar surface area (TPSA) is 128 Å². The molecule has 1 saturated heterocycles. The number of benzene rings is 4. The van der Waals surface area contributed by atoms with E-state index < -0.39 is 22.8 Å². The Balaban J connectivity index is 1.38. The molecular formula is C31H21Cl2N3O7. The van der Waals surface area contributed by atoms with Crippen molar-refractivity contribution in [1.29, 1.82) is 0 Å². The Bertz CT molecular complexity index is 1740. The number of imide groups is 2. The third-order valence-electron chi connectivity index (χ3n) is 6.31. The molecule has 4 aromatic carbocycles. The number of nitrogens with one attached hydrogen (secondary N) is 1. The minimum absolute atomic E-state index is 0.0288. The lowest BCUT2D eigenvalue weighted by Gasteiger charge is -2.26. The van der Waals surface area contributed by atoms with E-state index in [-0.39, 0.29) is 44.9 Å². The molecule has 4 aromatic rings. The SMILES string of the molecule is O=C1NC(=O)N(c2ccc(OCc3ccccc3)cc2)C(=O)/C1=C/c1cc(Cl)cc(Cl)c1OCc1ccc([N+](=O)[O-])cc1. The number of nitro groups is 1. The molecule has 0 aliphatic carbocycles. The zero-order valence-electron chi connectivity index (χ0n) is 22.2. The molecule has 0 spiro atoms. The smallest absolute Gasteiger partial charge is 0.335 e.